The number of hydrogen-bond donors (Lipinski definition) is 4. The lowest BCUT2D eigenvalue weighted by Crippen LogP contribution is -2.45. The van der Waals surface area contributed by atoms with E-state index in [4.69, 9.17) is 28.3 Å². The Labute approximate surface area is 151 Å². The minimum absolute atomic E-state index is 0.128. The van der Waals surface area contributed by atoms with Crippen molar-refractivity contribution in [2.75, 3.05) is 26.7 Å². The lowest BCUT2D eigenvalue weighted by Gasteiger charge is -2.33. The van der Waals surface area contributed by atoms with Gasteiger partial charge in [0.25, 0.3) is 5.91 Å². The third kappa shape index (κ3) is 5.50. The quantitative estimate of drug-likeness (QED) is 0.633. The third-order valence-electron chi connectivity index (χ3n) is 4.01. The Hall–Kier alpha value is -1.05. The predicted molar refractivity (Wildman–Crippen MR) is 94.3 cm³/mol. The molecule has 0 bridgehead atoms. The lowest BCUT2D eigenvalue weighted by molar-refractivity contribution is -0.143. The van der Waals surface area contributed by atoms with E-state index in [-0.39, 0.29) is 5.75 Å². The molecule has 1 saturated heterocycles. The Morgan fingerprint density at radius 3 is 2.38 bits per heavy atom. The molecule has 0 spiro atoms. The van der Waals surface area contributed by atoms with Crippen LogP contribution in [-0.2, 0) is 11.2 Å². The molecule has 1 fully saturated rings. The molecule has 6 nitrogen and oxygen atoms in total. The second kappa shape index (κ2) is 10.1. The molecule has 24 heavy (non-hydrogen) atoms. The highest BCUT2D eigenvalue weighted by molar-refractivity contribution is 6.42. The number of aliphatic hydroxyl groups excluding tert-OH is 2. The topological polar surface area (TPSA) is 107 Å². The second-order valence-corrected chi connectivity index (χ2v) is 6.38. The van der Waals surface area contributed by atoms with Gasteiger partial charge in [-0.1, -0.05) is 23.2 Å². The van der Waals surface area contributed by atoms with Gasteiger partial charge in [0.15, 0.2) is 6.10 Å². The summed E-state index contributed by atoms with van der Waals surface area (Å²) in [7, 11) is 1.50. The molecule has 0 radical (unpaired) electrons. The molecule has 5 N–H and O–H groups in total. The second-order valence-electron chi connectivity index (χ2n) is 5.57. The Balaban J connectivity index is 0.00000139. The summed E-state index contributed by atoms with van der Waals surface area (Å²) >= 11 is 11.8. The number of likely N-dealkylation sites (tertiary alicyclic amines) is 1. The van der Waals surface area contributed by atoms with Crippen molar-refractivity contribution in [1.82, 2.24) is 4.90 Å². The predicted octanol–water partition coefficient (Wildman–Crippen LogP) is 1.41. The molecule has 0 saturated carbocycles. The van der Waals surface area contributed by atoms with Crippen molar-refractivity contribution in [3.05, 3.63) is 27.7 Å². The zero-order chi connectivity index (χ0) is 18.3. The Morgan fingerprint density at radius 2 is 1.83 bits per heavy atom. The summed E-state index contributed by atoms with van der Waals surface area (Å²) in [6, 6.07) is 3.11. The van der Waals surface area contributed by atoms with Gasteiger partial charge in [0, 0.05) is 19.2 Å². The number of carbonyl (C=O) groups is 1. The minimum atomic E-state index is -1.34. The van der Waals surface area contributed by atoms with Crippen molar-refractivity contribution in [2.24, 2.45) is 11.7 Å². The summed E-state index contributed by atoms with van der Waals surface area (Å²) in [6.07, 6.45) is 0.858. The summed E-state index contributed by atoms with van der Waals surface area (Å²) in [5.41, 5.74) is 5.24. The molecule has 2 rings (SSSR count). The molecule has 1 amide bonds. The van der Waals surface area contributed by atoms with E-state index in [1.807, 2.05) is 0 Å². The molecular weight excluding hydrogens is 355 g/mol. The maximum Gasteiger partial charge on any atom is 0.253 e. The van der Waals surface area contributed by atoms with E-state index in [0.717, 1.165) is 18.4 Å². The summed E-state index contributed by atoms with van der Waals surface area (Å²) in [4.78, 5) is 13.3. The summed E-state index contributed by atoms with van der Waals surface area (Å²) in [6.45, 7) is 0.501. The number of phenols is 1. The zero-order valence-corrected chi connectivity index (χ0v) is 15.1. The number of nitrogens with zero attached hydrogens (tertiary/aromatic N) is 1. The maximum atomic E-state index is 11.8. The van der Waals surface area contributed by atoms with Crippen molar-refractivity contribution >= 4 is 29.1 Å². The van der Waals surface area contributed by atoms with Crippen molar-refractivity contribution < 1.29 is 20.1 Å². The number of nitrogens with two attached hydrogens (primary N) is 1. The molecule has 1 aliphatic rings. The summed E-state index contributed by atoms with van der Waals surface area (Å²) in [5, 5.41) is 28.8. The van der Waals surface area contributed by atoms with Crippen molar-refractivity contribution in [2.45, 2.75) is 25.4 Å². The van der Waals surface area contributed by atoms with Gasteiger partial charge in [0.05, 0.1) is 16.7 Å². The highest BCUT2D eigenvalue weighted by Crippen LogP contribution is 2.33. The minimum Gasteiger partial charge on any atom is -0.508 e. The standard InChI is InChI=1S/C15H19Cl2NO4.CH5N/c16-11-6-10(13(20)7-12(11)17)5-9-1-3-18(4-2-9)15(22)14(21)8-19;1-2/h6-7,9,14,19-21H,1-5,8H2;2H2,1H3. The van der Waals surface area contributed by atoms with Gasteiger partial charge in [-0.25, -0.2) is 0 Å². The van der Waals surface area contributed by atoms with Crippen LogP contribution in [0.1, 0.15) is 18.4 Å². The number of carbonyl (C=O) groups excluding carboxylic acids is 1. The maximum absolute atomic E-state index is 11.8. The number of aliphatic hydroxyl groups is 2. The van der Waals surface area contributed by atoms with Crippen LogP contribution in [0.5, 0.6) is 5.75 Å². The van der Waals surface area contributed by atoms with Gasteiger partial charge < -0.3 is 26.0 Å². The van der Waals surface area contributed by atoms with Crippen LogP contribution < -0.4 is 5.73 Å². The van der Waals surface area contributed by atoms with Crippen LogP contribution >= 0.6 is 23.2 Å². The van der Waals surface area contributed by atoms with Crippen LogP contribution in [0, 0.1) is 5.92 Å². The average Bonchev–Trinajstić information content (AvgIpc) is 2.60. The molecule has 1 atom stereocenters. The van der Waals surface area contributed by atoms with Gasteiger partial charge in [-0.2, -0.15) is 0 Å². The Kier molecular flexibility index (Phi) is 8.80. The van der Waals surface area contributed by atoms with Gasteiger partial charge in [-0.3, -0.25) is 4.79 Å². The van der Waals surface area contributed by atoms with Crippen LogP contribution in [-0.4, -0.2) is 59.0 Å². The smallest absolute Gasteiger partial charge is 0.253 e. The summed E-state index contributed by atoms with van der Waals surface area (Å²) < 4.78 is 0. The van der Waals surface area contributed by atoms with Crippen LogP contribution in [0.25, 0.3) is 0 Å². The monoisotopic (exact) mass is 378 g/mol. The fraction of sp³-hybridized carbons (Fsp3) is 0.562. The van der Waals surface area contributed by atoms with E-state index in [2.05, 4.69) is 5.73 Å². The molecule has 0 aliphatic carbocycles. The van der Waals surface area contributed by atoms with Crippen LogP contribution in [0.2, 0.25) is 10.0 Å². The first-order valence-electron chi connectivity index (χ1n) is 7.74. The largest absolute Gasteiger partial charge is 0.508 e. The van der Waals surface area contributed by atoms with Gasteiger partial charge in [-0.15, -0.1) is 0 Å². The van der Waals surface area contributed by atoms with Gasteiger partial charge in [0.1, 0.15) is 5.75 Å². The molecule has 8 heteroatoms. The number of phenolic OH excluding ortho intramolecular Hbond substituents is 1. The first-order valence-corrected chi connectivity index (χ1v) is 8.50. The third-order valence-corrected chi connectivity index (χ3v) is 4.74. The highest BCUT2D eigenvalue weighted by atomic mass is 35.5. The van der Waals surface area contributed by atoms with Crippen LogP contribution in [0.3, 0.4) is 0 Å². The Morgan fingerprint density at radius 1 is 1.29 bits per heavy atom. The molecule has 1 aromatic carbocycles. The normalized spacial score (nSPS) is 16.3. The number of hydrogen-bond acceptors (Lipinski definition) is 5. The summed E-state index contributed by atoms with van der Waals surface area (Å²) in [5.74, 6) is 0.0143. The molecular formula is C16H24Cl2N2O4. The van der Waals surface area contributed by atoms with Crippen molar-refractivity contribution in [1.29, 1.82) is 0 Å². The molecule has 1 aliphatic heterocycles. The van der Waals surface area contributed by atoms with E-state index >= 15 is 0 Å². The number of benzene rings is 1. The Bertz CT molecular complexity index is 549. The van der Waals surface area contributed by atoms with E-state index in [1.54, 1.807) is 11.0 Å². The van der Waals surface area contributed by atoms with Gasteiger partial charge in [0.2, 0.25) is 0 Å². The number of piperidine rings is 1. The van der Waals surface area contributed by atoms with Crippen LogP contribution in [0.4, 0.5) is 0 Å². The van der Waals surface area contributed by atoms with Crippen LogP contribution in [0.15, 0.2) is 12.1 Å². The number of rotatable bonds is 4. The number of amides is 1. The highest BCUT2D eigenvalue weighted by Gasteiger charge is 2.27. The molecule has 136 valence electrons. The van der Waals surface area contributed by atoms with Gasteiger partial charge >= 0.3 is 0 Å². The molecule has 0 aromatic heterocycles. The average molecular weight is 379 g/mol. The molecule has 1 unspecified atom stereocenters. The zero-order valence-electron chi connectivity index (χ0n) is 13.6. The van der Waals surface area contributed by atoms with E-state index in [0.29, 0.717) is 35.5 Å². The molecule has 1 heterocycles. The first kappa shape index (κ1) is 21.0. The first-order chi connectivity index (χ1) is 11.4. The fourth-order valence-corrected chi connectivity index (χ4v) is 3.04. The van der Waals surface area contributed by atoms with E-state index in [9.17, 15) is 15.0 Å². The molecule has 1 aromatic rings. The van der Waals surface area contributed by atoms with Crippen molar-refractivity contribution in [3.63, 3.8) is 0 Å². The van der Waals surface area contributed by atoms with Crippen molar-refractivity contribution in [3.8, 4) is 5.75 Å². The SMILES string of the molecule is CN.O=C(C(O)CO)N1CCC(Cc2cc(Cl)c(Cl)cc2O)CC1. The van der Waals surface area contributed by atoms with Gasteiger partial charge in [-0.05, 0) is 43.9 Å². The fourth-order valence-electron chi connectivity index (χ4n) is 2.70. The van der Waals surface area contributed by atoms with E-state index < -0.39 is 18.6 Å². The number of halogens is 2. The number of aromatic hydroxyl groups is 1. The lowest BCUT2D eigenvalue weighted by atomic mass is 9.89. The van der Waals surface area contributed by atoms with E-state index in [1.165, 1.54) is 13.1 Å².